The lowest BCUT2D eigenvalue weighted by Gasteiger charge is -2.33. The van der Waals surface area contributed by atoms with Gasteiger partial charge in [0.05, 0.1) is 0 Å². The van der Waals surface area contributed by atoms with Gasteiger partial charge in [0.1, 0.15) is 0 Å². The number of hydrogen-bond acceptors (Lipinski definition) is 1. The molecule has 0 aliphatic carbocycles. The van der Waals surface area contributed by atoms with Crippen molar-refractivity contribution in [3.8, 4) is 0 Å². The number of fused-ring (bicyclic) bond motifs is 1. The van der Waals surface area contributed by atoms with Crippen LogP contribution in [0.2, 0.25) is 0 Å². The minimum atomic E-state index is 0.528. The molecular formula is C13H22ClN. The van der Waals surface area contributed by atoms with E-state index in [0.717, 1.165) is 23.8 Å². The number of allylic oxidation sites excluding steroid dienone is 1. The second kappa shape index (κ2) is 4.10. The quantitative estimate of drug-likeness (QED) is 0.664. The van der Waals surface area contributed by atoms with Crippen LogP contribution in [0.4, 0.5) is 0 Å². The first kappa shape index (κ1) is 11.5. The summed E-state index contributed by atoms with van der Waals surface area (Å²) < 4.78 is 0. The summed E-state index contributed by atoms with van der Waals surface area (Å²) in [6.07, 6.45) is 7.01. The standard InChI is InChI=1S/C13H22ClN/c1-4-5-11(14)8-12-10(2)6-7-13(3)9-15(12)13/h5,10,12H,4,6-9H2,1-3H3. The summed E-state index contributed by atoms with van der Waals surface area (Å²) in [5.74, 6) is 0.805. The number of nitrogens with zero attached hydrogens (tertiary/aromatic N) is 1. The van der Waals surface area contributed by atoms with Crippen LogP contribution in [-0.2, 0) is 0 Å². The molecule has 4 unspecified atom stereocenters. The zero-order chi connectivity index (χ0) is 11.1. The highest BCUT2D eigenvalue weighted by Gasteiger charge is 2.54. The lowest BCUT2D eigenvalue weighted by atomic mass is 9.86. The first-order valence-electron chi connectivity index (χ1n) is 6.18. The molecule has 0 bridgehead atoms. The van der Waals surface area contributed by atoms with Gasteiger partial charge in [-0.3, -0.25) is 4.90 Å². The Hall–Kier alpha value is -0.0100. The lowest BCUT2D eigenvalue weighted by Crippen LogP contribution is -2.36. The molecule has 2 saturated heterocycles. The van der Waals surface area contributed by atoms with Gasteiger partial charge in [0.15, 0.2) is 0 Å². The summed E-state index contributed by atoms with van der Waals surface area (Å²) in [6.45, 7) is 8.20. The average Bonchev–Trinajstić information content (AvgIpc) is 2.85. The Kier molecular flexibility index (Phi) is 3.14. The second-order valence-electron chi connectivity index (χ2n) is 5.47. The van der Waals surface area contributed by atoms with Gasteiger partial charge < -0.3 is 0 Å². The van der Waals surface area contributed by atoms with Crippen molar-refractivity contribution in [3.05, 3.63) is 11.1 Å². The van der Waals surface area contributed by atoms with E-state index in [1.807, 2.05) is 0 Å². The van der Waals surface area contributed by atoms with Crippen LogP contribution in [0, 0.1) is 5.92 Å². The molecule has 0 amide bonds. The summed E-state index contributed by atoms with van der Waals surface area (Å²) in [4.78, 5) is 2.65. The Morgan fingerprint density at radius 3 is 3.00 bits per heavy atom. The second-order valence-corrected chi connectivity index (χ2v) is 5.96. The van der Waals surface area contributed by atoms with Crippen LogP contribution in [0.5, 0.6) is 0 Å². The molecule has 2 heterocycles. The minimum absolute atomic E-state index is 0.528. The molecule has 0 radical (unpaired) electrons. The molecule has 0 N–H and O–H groups in total. The molecule has 0 spiro atoms. The first-order chi connectivity index (χ1) is 7.07. The normalized spacial score (nSPS) is 45.1. The number of halogens is 1. The van der Waals surface area contributed by atoms with Crippen LogP contribution < -0.4 is 0 Å². The summed E-state index contributed by atoms with van der Waals surface area (Å²) >= 11 is 6.24. The summed E-state index contributed by atoms with van der Waals surface area (Å²) in [5, 5.41) is 1.06. The third kappa shape index (κ3) is 2.24. The molecule has 0 aromatic heterocycles. The fourth-order valence-electron chi connectivity index (χ4n) is 2.93. The van der Waals surface area contributed by atoms with E-state index in [1.54, 1.807) is 0 Å². The molecular weight excluding hydrogens is 206 g/mol. The smallest absolute Gasteiger partial charge is 0.0312 e. The van der Waals surface area contributed by atoms with Crippen molar-refractivity contribution in [2.45, 2.75) is 58.0 Å². The Labute approximate surface area is 98.5 Å². The zero-order valence-corrected chi connectivity index (χ0v) is 10.8. The van der Waals surface area contributed by atoms with Gasteiger partial charge in [0, 0.05) is 23.2 Å². The van der Waals surface area contributed by atoms with Crippen molar-refractivity contribution in [2.24, 2.45) is 5.92 Å². The van der Waals surface area contributed by atoms with Gasteiger partial charge in [0.25, 0.3) is 0 Å². The maximum Gasteiger partial charge on any atom is 0.0312 e. The third-order valence-electron chi connectivity index (χ3n) is 4.13. The van der Waals surface area contributed by atoms with E-state index in [4.69, 9.17) is 11.6 Å². The van der Waals surface area contributed by atoms with E-state index < -0.39 is 0 Å². The minimum Gasteiger partial charge on any atom is -0.291 e. The van der Waals surface area contributed by atoms with E-state index in [2.05, 4.69) is 31.7 Å². The van der Waals surface area contributed by atoms with Gasteiger partial charge in [-0.2, -0.15) is 0 Å². The van der Waals surface area contributed by atoms with E-state index >= 15 is 0 Å². The Balaban J connectivity index is 1.98. The first-order valence-corrected chi connectivity index (χ1v) is 6.56. The molecule has 2 fully saturated rings. The Bertz CT molecular complexity index is 274. The van der Waals surface area contributed by atoms with Crippen molar-refractivity contribution < 1.29 is 0 Å². The number of hydrogen-bond donors (Lipinski definition) is 0. The van der Waals surface area contributed by atoms with Gasteiger partial charge in [-0.15, -0.1) is 0 Å². The van der Waals surface area contributed by atoms with Crippen LogP contribution in [0.15, 0.2) is 11.1 Å². The van der Waals surface area contributed by atoms with E-state index in [0.29, 0.717) is 11.6 Å². The molecule has 1 nitrogen and oxygen atoms in total. The van der Waals surface area contributed by atoms with Crippen LogP contribution in [-0.4, -0.2) is 23.0 Å². The maximum atomic E-state index is 6.24. The molecule has 0 saturated carbocycles. The molecule has 0 aromatic rings. The third-order valence-corrected chi connectivity index (χ3v) is 4.43. The Morgan fingerprint density at radius 2 is 2.33 bits per heavy atom. The van der Waals surface area contributed by atoms with Crippen molar-refractivity contribution in [1.29, 1.82) is 0 Å². The van der Waals surface area contributed by atoms with Crippen LogP contribution in [0.1, 0.15) is 46.5 Å². The van der Waals surface area contributed by atoms with E-state index in [-0.39, 0.29) is 0 Å². The van der Waals surface area contributed by atoms with E-state index in [9.17, 15) is 0 Å². The van der Waals surface area contributed by atoms with Crippen molar-refractivity contribution >= 4 is 11.6 Å². The van der Waals surface area contributed by atoms with Crippen molar-refractivity contribution in [1.82, 2.24) is 4.90 Å². The van der Waals surface area contributed by atoms with Crippen molar-refractivity contribution in [2.75, 3.05) is 6.54 Å². The van der Waals surface area contributed by atoms with Gasteiger partial charge in [-0.25, -0.2) is 0 Å². The van der Waals surface area contributed by atoms with Crippen molar-refractivity contribution in [3.63, 3.8) is 0 Å². The monoisotopic (exact) mass is 227 g/mol. The SMILES string of the molecule is CCC=C(Cl)CC1C(C)CCC2(C)CN12. The highest BCUT2D eigenvalue weighted by molar-refractivity contribution is 6.29. The molecule has 86 valence electrons. The van der Waals surface area contributed by atoms with Gasteiger partial charge in [-0.1, -0.05) is 31.5 Å². The zero-order valence-electron chi connectivity index (χ0n) is 10.1. The van der Waals surface area contributed by atoms with Gasteiger partial charge >= 0.3 is 0 Å². The summed E-state index contributed by atoms with van der Waals surface area (Å²) in [6, 6.07) is 0.694. The highest BCUT2D eigenvalue weighted by Crippen LogP contribution is 2.48. The van der Waals surface area contributed by atoms with Gasteiger partial charge in [0.2, 0.25) is 0 Å². The molecule has 2 heteroatoms. The summed E-state index contributed by atoms with van der Waals surface area (Å²) in [5.41, 5.74) is 0.528. The number of piperidine rings is 1. The topological polar surface area (TPSA) is 3.01 Å². The number of rotatable bonds is 3. The molecule has 2 aliphatic rings. The maximum absolute atomic E-state index is 6.24. The summed E-state index contributed by atoms with van der Waals surface area (Å²) in [7, 11) is 0. The average molecular weight is 228 g/mol. The fourth-order valence-corrected chi connectivity index (χ4v) is 3.24. The van der Waals surface area contributed by atoms with Crippen LogP contribution in [0.3, 0.4) is 0 Å². The van der Waals surface area contributed by atoms with Crippen LogP contribution >= 0.6 is 11.6 Å². The lowest BCUT2D eigenvalue weighted by molar-refractivity contribution is 0.180. The van der Waals surface area contributed by atoms with Gasteiger partial charge in [-0.05, 0) is 38.5 Å². The Morgan fingerprint density at radius 1 is 1.60 bits per heavy atom. The van der Waals surface area contributed by atoms with E-state index in [1.165, 1.54) is 19.4 Å². The molecule has 0 aromatic carbocycles. The molecule has 4 atom stereocenters. The molecule has 15 heavy (non-hydrogen) atoms. The predicted octanol–water partition coefficient (Wildman–Crippen LogP) is 3.78. The molecule has 2 aliphatic heterocycles. The van der Waals surface area contributed by atoms with Crippen LogP contribution in [0.25, 0.3) is 0 Å². The molecule has 2 rings (SSSR count). The highest BCUT2D eigenvalue weighted by atomic mass is 35.5. The predicted molar refractivity (Wildman–Crippen MR) is 66.1 cm³/mol. The fraction of sp³-hybridized carbons (Fsp3) is 0.846. The largest absolute Gasteiger partial charge is 0.291 e.